The van der Waals surface area contributed by atoms with Crippen LogP contribution in [0.5, 0.6) is 0 Å². The van der Waals surface area contributed by atoms with Crippen LogP contribution in [0.2, 0.25) is 0 Å². The number of thiazole rings is 1. The summed E-state index contributed by atoms with van der Waals surface area (Å²) in [7, 11) is 0. The molecule has 0 aliphatic rings. The van der Waals surface area contributed by atoms with Gasteiger partial charge in [0.25, 0.3) is 0 Å². The highest BCUT2D eigenvalue weighted by atomic mass is 32.2. The van der Waals surface area contributed by atoms with E-state index >= 15 is 0 Å². The molecule has 1 aromatic carbocycles. The van der Waals surface area contributed by atoms with Crippen molar-refractivity contribution >= 4 is 34.1 Å². The number of hydrogen-bond acceptors (Lipinski definition) is 7. The predicted molar refractivity (Wildman–Crippen MR) is 120 cm³/mol. The lowest BCUT2D eigenvalue weighted by Gasteiger charge is -2.07. The smallest absolute Gasteiger partial charge is 0.236 e. The second-order valence-electron chi connectivity index (χ2n) is 6.34. The van der Waals surface area contributed by atoms with E-state index in [9.17, 15) is 4.79 Å². The minimum Gasteiger partial charge on any atom is -0.469 e. The summed E-state index contributed by atoms with van der Waals surface area (Å²) in [5.41, 5.74) is 2.73. The van der Waals surface area contributed by atoms with E-state index in [1.54, 1.807) is 12.3 Å². The molecule has 0 aliphatic heterocycles. The number of carbonyl (C=O) groups is 1. The third-order valence-electron chi connectivity index (χ3n) is 4.28. The third-order valence-corrected chi connectivity index (χ3v) is 6.01. The molecule has 0 aliphatic carbocycles. The third kappa shape index (κ3) is 4.37. The van der Waals surface area contributed by atoms with Gasteiger partial charge in [0, 0.05) is 17.5 Å². The summed E-state index contributed by atoms with van der Waals surface area (Å²) < 4.78 is 7.29. The van der Waals surface area contributed by atoms with Crippen molar-refractivity contribution in [1.82, 2.24) is 19.7 Å². The molecule has 3 heterocycles. The Morgan fingerprint density at radius 2 is 2.13 bits per heavy atom. The maximum Gasteiger partial charge on any atom is 0.236 e. The summed E-state index contributed by atoms with van der Waals surface area (Å²) in [6.45, 7) is 6.21. The highest BCUT2D eigenvalue weighted by molar-refractivity contribution is 7.99. The largest absolute Gasteiger partial charge is 0.469 e. The Morgan fingerprint density at radius 1 is 1.30 bits per heavy atom. The van der Waals surface area contributed by atoms with Crippen LogP contribution in [-0.2, 0) is 11.3 Å². The molecule has 152 valence electrons. The van der Waals surface area contributed by atoms with Crippen LogP contribution in [0.15, 0.2) is 70.3 Å². The highest BCUT2D eigenvalue weighted by Gasteiger charge is 2.18. The summed E-state index contributed by atoms with van der Waals surface area (Å²) in [4.78, 5) is 16.9. The van der Waals surface area contributed by atoms with Crippen LogP contribution in [0.1, 0.15) is 5.76 Å². The van der Waals surface area contributed by atoms with Gasteiger partial charge in [-0.3, -0.25) is 9.36 Å². The van der Waals surface area contributed by atoms with Gasteiger partial charge in [-0.15, -0.1) is 28.1 Å². The van der Waals surface area contributed by atoms with Crippen LogP contribution in [-0.4, -0.2) is 31.4 Å². The molecule has 4 rings (SSSR count). The fourth-order valence-corrected chi connectivity index (χ4v) is 4.35. The first-order chi connectivity index (χ1) is 14.7. The first kappa shape index (κ1) is 20.1. The Kier molecular flexibility index (Phi) is 6.10. The molecule has 9 heteroatoms. The molecule has 0 saturated heterocycles. The van der Waals surface area contributed by atoms with E-state index in [-0.39, 0.29) is 11.7 Å². The van der Waals surface area contributed by atoms with E-state index in [1.807, 2.05) is 53.3 Å². The molecule has 0 spiro atoms. The van der Waals surface area contributed by atoms with Crippen LogP contribution >= 0.6 is 23.1 Å². The quantitative estimate of drug-likeness (QED) is 0.312. The lowest BCUT2D eigenvalue weighted by molar-refractivity contribution is -0.113. The topological polar surface area (TPSA) is 85.8 Å². The molecule has 1 amide bonds. The average molecular weight is 438 g/mol. The lowest BCUT2D eigenvalue weighted by Crippen LogP contribution is -2.14. The maximum absolute atomic E-state index is 12.4. The van der Waals surface area contributed by atoms with Crippen LogP contribution in [0.3, 0.4) is 0 Å². The van der Waals surface area contributed by atoms with Crippen LogP contribution < -0.4 is 5.32 Å². The molecular weight excluding hydrogens is 418 g/mol. The molecule has 0 saturated carbocycles. The molecule has 4 aromatic rings. The monoisotopic (exact) mass is 437 g/mol. The van der Waals surface area contributed by atoms with E-state index in [4.69, 9.17) is 4.42 Å². The van der Waals surface area contributed by atoms with Crippen LogP contribution in [0.25, 0.3) is 22.6 Å². The van der Waals surface area contributed by atoms with Crippen molar-refractivity contribution in [2.45, 2.75) is 18.6 Å². The zero-order valence-corrected chi connectivity index (χ0v) is 17.9. The lowest BCUT2D eigenvalue weighted by atomic mass is 10.2. The molecule has 0 fully saturated rings. The number of allylic oxidation sites excluding steroid dienone is 1. The SMILES string of the molecule is C=CCn1c(SCC(=O)Nc2nc(-c3ccccc3)cs2)nnc1-c1ccoc1C. The second kappa shape index (κ2) is 9.10. The molecule has 7 nitrogen and oxygen atoms in total. The van der Waals surface area contributed by atoms with Gasteiger partial charge in [0.15, 0.2) is 16.1 Å². The minimum absolute atomic E-state index is 0.150. The van der Waals surface area contributed by atoms with Gasteiger partial charge >= 0.3 is 0 Å². The number of benzene rings is 1. The number of amides is 1. The molecule has 0 atom stereocenters. The number of carbonyl (C=O) groups excluding carboxylic acids is 1. The van der Waals surface area contributed by atoms with Crippen molar-refractivity contribution in [3.63, 3.8) is 0 Å². The number of rotatable bonds is 8. The first-order valence-corrected chi connectivity index (χ1v) is 11.0. The summed E-state index contributed by atoms with van der Waals surface area (Å²) in [6, 6.07) is 11.7. The Morgan fingerprint density at radius 3 is 2.87 bits per heavy atom. The number of nitrogens with zero attached hydrogens (tertiary/aromatic N) is 4. The summed E-state index contributed by atoms with van der Waals surface area (Å²) >= 11 is 2.72. The van der Waals surface area contributed by atoms with Crippen molar-refractivity contribution in [2.24, 2.45) is 0 Å². The Labute approximate surface area is 181 Å². The molecule has 30 heavy (non-hydrogen) atoms. The van der Waals surface area contributed by atoms with Gasteiger partial charge in [0.2, 0.25) is 5.91 Å². The van der Waals surface area contributed by atoms with E-state index in [1.165, 1.54) is 23.1 Å². The maximum atomic E-state index is 12.4. The molecule has 0 bridgehead atoms. The average Bonchev–Trinajstić information content (AvgIpc) is 3.48. The number of furan rings is 1. The highest BCUT2D eigenvalue weighted by Crippen LogP contribution is 2.28. The van der Waals surface area contributed by atoms with Crippen molar-refractivity contribution in [2.75, 3.05) is 11.1 Å². The Hall–Kier alpha value is -3.17. The summed E-state index contributed by atoms with van der Waals surface area (Å²) in [6.07, 6.45) is 3.39. The zero-order valence-electron chi connectivity index (χ0n) is 16.2. The molecule has 1 N–H and O–H groups in total. The molecule has 3 aromatic heterocycles. The van der Waals surface area contributed by atoms with Crippen molar-refractivity contribution in [3.05, 3.63) is 66.5 Å². The summed E-state index contributed by atoms with van der Waals surface area (Å²) in [5, 5.41) is 14.5. The number of hydrogen-bond donors (Lipinski definition) is 1. The Balaban J connectivity index is 1.42. The van der Waals surface area contributed by atoms with Gasteiger partial charge in [0.05, 0.1) is 23.3 Å². The summed E-state index contributed by atoms with van der Waals surface area (Å²) in [5.74, 6) is 1.50. The van der Waals surface area contributed by atoms with Crippen molar-refractivity contribution in [1.29, 1.82) is 0 Å². The zero-order chi connectivity index (χ0) is 20.9. The van der Waals surface area contributed by atoms with Crippen LogP contribution in [0, 0.1) is 6.92 Å². The standard InChI is InChI=1S/C21H19N5O2S2/c1-3-10-26-19(16-9-11-28-14(16)2)24-25-21(26)30-13-18(27)23-20-22-17(12-29-20)15-7-5-4-6-8-15/h3-9,11-12H,1,10,13H2,2H3,(H,22,23,27). The molecule has 0 radical (unpaired) electrons. The molecular formula is C21H19N5O2S2. The number of anilines is 1. The number of aromatic nitrogens is 4. The van der Waals surface area contributed by atoms with E-state index < -0.39 is 0 Å². The van der Waals surface area contributed by atoms with Gasteiger partial charge in [-0.05, 0) is 13.0 Å². The minimum atomic E-state index is -0.150. The fraction of sp³-hybridized carbons (Fsp3) is 0.143. The number of thioether (sulfide) groups is 1. The van der Waals surface area contributed by atoms with Crippen LogP contribution in [0.4, 0.5) is 5.13 Å². The fourth-order valence-electron chi connectivity index (χ4n) is 2.86. The second-order valence-corrected chi connectivity index (χ2v) is 8.14. The van der Waals surface area contributed by atoms with E-state index in [2.05, 4.69) is 27.1 Å². The van der Waals surface area contributed by atoms with E-state index in [0.717, 1.165) is 22.6 Å². The van der Waals surface area contributed by atoms with E-state index in [0.29, 0.717) is 22.7 Å². The normalized spacial score (nSPS) is 10.8. The molecule has 0 unspecified atom stereocenters. The Bertz CT molecular complexity index is 1160. The van der Waals surface area contributed by atoms with Gasteiger partial charge in [-0.2, -0.15) is 0 Å². The van der Waals surface area contributed by atoms with Crippen molar-refractivity contribution < 1.29 is 9.21 Å². The van der Waals surface area contributed by atoms with Crippen molar-refractivity contribution in [3.8, 4) is 22.6 Å². The van der Waals surface area contributed by atoms with Gasteiger partial charge in [-0.1, -0.05) is 48.2 Å². The van der Waals surface area contributed by atoms with Gasteiger partial charge in [0.1, 0.15) is 5.76 Å². The number of nitrogens with one attached hydrogen (secondary N) is 1. The van der Waals surface area contributed by atoms with Gasteiger partial charge < -0.3 is 9.73 Å². The van der Waals surface area contributed by atoms with Gasteiger partial charge in [-0.25, -0.2) is 4.98 Å². The predicted octanol–water partition coefficient (Wildman–Crippen LogP) is 4.89. The first-order valence-electron chi connectivity index (χ1n) is 9.18. The number of aryl methyl sites for hydroxylation is 1.